The number of hydrogen-bond acceptors (Lipinski definition) is 3. The minimum Gasteiger partial charge on any atom is -0.460 e. The molecular formula is C13H10ClFO3. The molecular weight excluding hydrogens is 259 g/mol. The monoisotopic (exact) mass is 268 g/mol. The molecule has 1 aromatic heterocycles. The summed E-state index contributed by atoms with van der Waals surface area (Å²) in [4.78, 5) is 11.4. The summed E-state index contributed by atoms with van der Waals surface area (Å²) in [5, 5.41) is 0.281. The second-order valence-corrected chi connectivity index (χ2v) is 4.01. The Bertz CT molecular complexity index is 557. The lowest BCUT2D eigenvalue weighted by atomic mass is 10.1. The van der Waals surface area contributed by atoms with Crippen molar-refractivity contribution in [1.29, 1.82) is 0 Å². The molecule has 0 aliphatic carbocycles. The Morgan fingerprint density at radius 1 is 1.33 bits per heavy atom. The predicted molar refractivity (Wildman–Crippen MR) is 65.1 cm³/mol. The molecule has 0 amide bonds. The highest BCUT2D eigenvalue weighted by Gasteiger charge is 2.13. The summed E-state index contributed by atoms with van der Waals surface area (Å²) in [5.41, 5.74) is 1.11. The van der Waals surface area contributed by atoms with Crippen LogP contribution in [0, 0.1) is 5.82 Å². The molecule has 0 saturated carbocycles. The number of hydrogen-bond donors (Lipinski definition) is 0. The van der Waals surface area contributed by atoms with Gasteiger partial charge < -0.3 is 9.15 Å². The van der Waals surface area contributed by atoms with Gasteiger partial charge in [0.1, 0.15) is 5.82 Å². The lowest BCUT2D eigenvalue weighted by molar-refractivity contribution is 0.0490. The van der Waals surface area contributed by atoms with Crippen LogP contribution < -0.4 is 0 Å². The summed E-state index contributed by atoms with van der Waals surface area (Å²) < 4.78 is 23.1. The number of carbonyl (C=O) groups excluding carboxylic acids is 1. The molecule has 94 valence electrons. The van der Waals surface area contributed by atoms with Gasteiger partial charge >= 0.3 is 5.97 Å². The lowest BCUT2D eigenvalue weighted by Crippen LogP contribution is -2.02. The zero-order valence-corrected chi connectivity index (χ0v) is 10.3. The molecule has 1 heterocycles. The molecule has 1 aromatic carbocycles. The van der Waals surface area contributed by atoms with Crippen molar-refractivity contribution >= 4 is 17.6 Å². The fourth-order valence-corrected chi connectivity index (χ4v) is 1.74. The van der Waals surface area contributed by atoms with E-state index in [2.05, 4.69) is 0 Å². The Kier molecular flexibility index (Phi) is 3.67. The summed E-state index contributed by atoms with van der Waals surface area (Å²) in [6.07, 6.45) is 1.36. The molecule has 0 saturated heterocycles. The number of furan rings is 1. The van der Waals surface area contributed by atoms with E-state index in [0.717, 1.165) is 0 Å². The quantitative estimate of drug-likeness (QED) is 0.792. The first kappa shape index (κ1) is 12.6. The van der Waals surface area contributed by atoms with Gasteiger partial charge in [-0.2, -0.15) is 0 Å². The molecule has 0 aliphatic rings. The van der Waals surface area contributed by atoms with Crippen molar-refractivity contribution in [3.63, 3.8) is 0 Å². The Morgan fingerprint density at radius 2 is 2.11 bits per heavy atom. The highest BCUT2D eigenvalue weighted by atomic mass is 35.5. The van der Waals surface area contributed by atoms with Crippen molar-refractivity contribution in [2.45, 2.75) is 6.92 Å². The molecule has 0 radical (unpaired) electrons. The van der Waals surface area contributed by atoms with Crippen LogP contribution in [0.5, 0.6) is 0 Å². The second-order valence-electron chi connectivity index (χ2n) is 3.58. The van der Waals surface area contributed by atoms with Crippen molar-refractivity contribution in [2.75, 3.05) is 6.61 Å². The van der Waals surface area contributed by atoms with Crippen molar-refractivity contribution in [3.05, 3.63) is 47.1 Å². The maximum atomic E-state index is 13.2. The Morgan fingerprint density at radius 3 is 2.78 bits per heavy atom. The van der Waals surface area contributed by atoms with Crippen LogP contribution in [-0.4, -0.2) is 12.6 Å². The third kappa shape index (κ3) is 2.71. The minimum absolute atomic E-state index is 0.0761. The van der Waals surface area contributed by atoms with Gasteiger partial charge in [0.15, 0.2) is 0 Å². The number of rotatable bonds is 3. The van der Waals surface area contributed by atoms with Gasteiger partial charge in [0.25, 0.3) is 0 Å². The lowest BCUT2D eigenvalue weighted by Gasteiger charge is -1.98. The highest BCUT2D eigenvalue weighted by Crippen LogP contribution is 2.26. The van der Waals surface area contributed by atoms with E-state index in [1.54, 1.807) is 13.0 Å². The molecule has 2 aromatic rings. The van der Waals surface area contributed by atoms with E-state index in [0.29, 0.717) is 11.1 Å². The zero-order chi connectivity index (χ0) is 13.1. The SMILES string of the molecule is CCOC(=O)c1cc(-c2cc(F)cc(Cl)c2)co1. The summed E-state index contributed by atoms with van der Waals surface area (Å²) in [6, 6.07) is 5.59. The molecule has 3 nitrogen and oxygen atoms in total. The molecule has 0 N–H and O–H groups in total. The van der Waals surface area contributed by atoms with E-state index in [9.17, 15) is 9.18 Å². The first-order valence-corrected chi connectivity index (χ1v) is 5.70. The van der Waals surface area contributed by atoms with Crippen molar-refractivity contribution in [1.82, 2.24) is 0 Å². The van der Waals surface area contributed by atoms with Gasteiger partial charge in [-0.05, 0) is 36.8 Å². The average molecular weight is 269 g/mol. The standard InChI is InChI=1S/C13H10ClFO3/c1-2-17-13(16)12-5-9(7-18-12)8-3-10(14)6-11(15)4-8/h3-7H,2H2,1H3. The summed E-state index contributed by atoms with van der Waals surface area (Å²) in [7, 11) is 0. The van der Waals surface area contributed by atoms with Crippen LogP contribution in [0.15, 0.2) is 34.9 Å². The Labute approximate surface area is 108 Å². The summed E-state index contributed by atoms with van der Waals surface area (Å²) in [6.45, 7) is 1.97. The van der Waals surface area contributed by atoms with E-state index in [4.69, 9.17) is 20.8 Å². The number of ether oxygens (including phenoxy) is 1. The van der Waals surface area contributed by atoms with Gasteiger partial charge in [-0.3, -0.25) is 0 Å². The maximum Gasteiger partial charge on any atom is 0.374 e. The summed E-state index contributed by atoms with van der Waals surface area (Å²) >= 11 is 5.76. The van der Waals surface area contributed by atoms with Crippen molar-refractivity contribution in [2.24, 2.45) is 0 Å². The van der Waals surface area contributed by atoms with Gasteiger partial charge in [-0.25, -0.2) is 9.18 Å². The molecule has 0 atom stereocenters. The van der Waals surface area contributed by atoms with Gasteiger partial charge in [0.05, 0.1) is 12.9 Å². The molecule has 0 aliphatic heterocycles. The Balaban J connectivity index is 2.32. The van der Waals surface area contributed by atoms with E-state index >= 15 is 0 Å². The zero-order valence-electron chi connectivity index (χ0n) is 9.57. The topological polar surface area (TPSA) is 39.4 Å². The number of halogens is 2. The number of benzene rings is 1. The fraction of sp³-hybridized carbons (Fsp3) is 0.154. The smallest absolute Gasteiger partial charge is 0.374 e. The van der Waals surface area contributed by atoms with Crippen LogP contribution in [0.3, 0.4) is 0 Å². The minimum atomic E-state index is -0.550. The first-order valence-electron chi connectivity index (χ1n) is 5.32. The van der Waals surface area contributed by atoms with Gasteiger partial charge in [0.2, 0.25) is 5.76 Å². The second kappa shape index (κ2) is 5.23. The predicted octanol–water partition coefficient (Wildman–Crippen LogP) is 3.92. The summed E-state index contributed by atoms with van der Waals surface area (Å²) in [5.74, 6) is -0.921. The van der Waals surface area contributed by atoms with Crippen LogP contribution >= 0.6 is 11.6 Å². The average Bonchev–Trinajstić information content (AvgIpc) is 2.77. The third-order valence-electron chi connectivity index (χ3n) is 2.27. The number of esters is 1. The van der Waals surface area contributed by atoms with E-state index in [-0.39, 0.29) is 17.4 Å². The number of carbonyl (C=O) groups is 1. The fourth-order valence-electron chi connectivity index (χ4n) is 1.52. The van der Waals surface area contributed by atoms with Crippen molar-refractivity contribution < 1.29 is 18.3 Å². The van der Waals surface area contributed by atoms with E-state index in [1.807, 2.05) is 0 Å². The van der Waals surface area contributed by atoms with Crippen LogP contribution in [0.25, 0.3) is 11.1 Å². The van der Waals surface area contributed by atoms with Crippen molar-refractivity contribution in [3.8, 4) is 11.1 Å². The van der Waals surface area contributed by atoms with Crippen LogP contribution in [0.2, 0.25) is 5.02 Å². The van der Waals surface area contributed by atoms with E-state index < -0.39 is 11.8 Å². The van der Waals surface area contributed by atoms with Gasteiger partial charge in [-0.1, -0.05) is 11.6 Å². The molecule has 2 rings (SSSR count). The molecule has 0 unspecified atom stereocenters. The van der Waals surface area contributed by atoms with Gasteiger partial charge in [-0.15, -0.1) is 0 Å². The molecule has 5 heteroatoms. The van der Waals surface area contributed by atoms with Crippen LogP contribution in [-0.2, 0) is 4.74 Å². The first-order chi connectivity index (χ1) is 8.60. The van der Waals surface area contributed by atoms with Crippen LogP contribution in [0.1, 0.15) is 17.5 Å². The molecule has 0 bridgehead atoms. The Hall–Kier alpha value is -1.81. The highest BCUT2D eigenvalue weighted by molar-refractivity contribution is 6.30. The maximum absolute atomic E-state index is 13.2. The third-order valence-corrected chi connectivity index (χ3v) is 2.49. The van der Waals surface area contributed by atoms with E-state index in [1.165, 1.54) is 24.5 Å². The molecule has 18 heavy (non-hydrogen) atoms. The molecule has 0 spiro atoms. The van der Waals surface area contributed by atoms with Gasteiger partial charge in [0, 0.05) is 10.6 Å². The normalized spacial score (nSPS) is 10.4. The molecule has 0 fully saturated rings. The largest absolute Gasteiger partial charge is 0.460 e. The van der Waals surface area contributed by atoms with Crippen LogP contribution in [0.4, 0.5) is 4.39 Å².